The predicted octanol–water partition coefficient (Wildman–Crippen LogP) is 4.37. The highest BCUT2D eigenvalue weighted by Gasteiger charge is 2.26. The zero-order valence-electron chi connectivity index (χ0n) is 10.5. The van der Waals surface area contributed by atoms with Crippen molar-refractivity contribution < 1.29 is 0 Å². The first-order valence-corrected chi connectivity index (χ1v) is 6.95. The lowest BCUT2D eigenvalue weighted by atomic mass is 10.2. The first kappa shape index (κ1) is 12.7. The Morgan fingerprint density at radius 2 is 2.00 bits per heavy atom. The minimum atomic E-state index is 0.499. The van der Waals surface area contributed by atoms with Crippen molar-refractivity contribution in [2.75, 3.05) is 12.4 Å². The van der Waals surface area contributed by atoms with Gasteiger partial charge >= 0.3 is 0 Å². The molecule has 1 aliphatic rings. The summed E-state index contributed by atoms with van der Waals surface area (Å²) in [5.74, 6) is 2.00. The van der Waals surface area contributed by atoms with Crippen molar-refractivity contribution in [1.82, 2.24) is 9.97 Å². The molecule has 5 heteroatoms. The van der Waals surface area contributed by atoms with Crippen LogP contribution < -0.4 is 5.32 Å². The van der Waals surface area contributed by atoms with Crippen molar-refractivity contribution >= 4 is 29.0 Å². The highest BCUT2D eigenvalue weighted by atomic mass is 35.5. The Labute approximate surface area is 122 Å². The summed E-state index contributed by atoms with van der Waals surface area (Å²) in [6.45, 7) is 0. The van der Waals surface area contributed by atoms with Crippen LogP contribution in [0.25, 0.3) is 11.4 Å². The molecule has 0 saturated heterocycles. The van der Waals surface area contributed by atoms with Crippen molar-refractivity contribution in [3.63, 3.8) is 0 Å². The Kier molecular flexibility index (Phi) is 3.33. The maximum atomic E-state index is 6.24. The summed E-state index contributed by atoms with van der Waals surface area (Å²) in [5.41, 5.74) is 1.85. The van der Waals surface area contributed by atoms with Crippen molar-refractivity contribution in [2.45, 2.75) is 18.8 Å². The van der Waals surface area contributed by atoms with Gasteiger partial charge in [-0.1, -0.05) is 29.3 Å². The molecule has 2 aromatic rings. The number of benzene rings is 1. The zero-order valence-corrected chi connectivity index (χ0v) is 12.0. The van der Waals surface area contributed by atoms with Crippen LogP contribution in [0.4, 0.5) is 5.82 Å². The molecule has 3 nitrogen and oxygen atoms in total. The third kappa shape index (κ3) is 2.53. The molecule has 0 spiro atoms. The van der Waals surface area contributed by atoms with Crippen molar-refractivity contribution in [2.24, 2.45) is 0 Å². The van der Waals surface area contributed by atoms with Crippen molar-refractivity contribution in [3.05, 3.63) is 40.0 Å². The SMILES string of the molecule is CNc1cc(C2CC2)nc(-c2cccc(Cl)c2Cl)n1. The summed E-state index contributed by atoms with van der Waals surface area (Å²) in [6, 6.07) is 7.51. The predicted molar refractivity (Wildman–Crippen MR) is 79.0 cm³/mol. The van der Waals surface area contributed by atoms with E-state index >= 15 is 0 Å². The van der Waals surface area contributed by atoms with E-state index in [4.69, 9.17) is 23.2 Å². The van der Waals surface area contributed by atoms with Gasteiger partial charge in [0.15, 0.2) is 5.82 Å². The first-order valence-electron chi connectivity index (χ1n) is 6.20. The maximum absolute atomic E-state index is 6.24. The lowest BCUT2D eigenvalue weighted by Crippen LogP contribution is -2.00. The van der Waals surface area contributed by atoms with Crippen LogP contribution in [0, 0.1) is 0 Å². The number of halogens is 2. The molecule has 98 valence electrons. The highest BCUT2D eigenvalue weighted by Crippen LogP contribution is 2.41. The van der Waals surface area contributed by atoms with Crippen LogP contribution in [0.2, 0.25) is 10.0 Å². The van der Waals surface area contributed by atoms with Gasteiger partial charge in [0.2, 0.25) is 0 Å². The van der Waals surface area contributed by atoms with Crippen LogP contribution in [0.3, 0.4) is 0 Å². The molecule has 0 atom stereocenters. The third-order valence-electron chi connectivity index (χ3n) is 3.19. The molecule has 1 aliphatic carbocycles. The van der Waals surface area contributed by atoms with E-state index in [1.807, 2.05) is 25.2 Å². The average molecular weight is 294 g/mol. The van der Waals surface area contributed by atoms with E-state index in [0.717, 1.165) is 17.1 Å². The van der Waals surface area contributed by atoms with Gasteiger partial charge in [0.1, 0.15) is 5.82 Å². The molecule has 1 aromatic carbocycles. The van der Waals surface area contributed by atoms with Gasteiger partial charge in [0.05, 0.1) is 10.0 Å². The summed E-state index contributed by atoms with van der Waals surface area (Å²) < 4.78 is 0. The molecular weight excluding hydrogens is 281 g/mol. The van der Waals surface area contributed by atoms with Crippen LogP contribution in [-0.4, -0.2) is 17.0 Å². The maximum Gasteiger partial charge on any atom is 0.163 e. The Morgan fingerprint density at radius 3 is 2.68 bits per heavy atom. The third-order valence-corrected chi connectivity index (χ3v) is 4.01. The number of hydrogen-bond donors (Lipinski definition) is 1. The molecule has 0 aliphatic heterocycles. The molecule has 1 fully saturated rings. The van der Waals surface area contributed by atoms with Gasteiger partial charge in [-0.3, -0.25) is 0 Å². The smallest absolute Gasteiger partial charge is 0.163 e. The van der Waals surface area contributed by atoms with E-state index in [2.05, 4.69) is 15.3 Å². The van der Waals surface area contributed by atoms with Crippen molar-refractivity contribution in [1.29, 1.82) is 0 Å². The van der Waals surface area contributed by atoms with E-state index in [9.17, 15) is 0 Å². The molecule has 1 heterocycles. The molecule has 0 bridgehead atoms. The molecule has 0 unspecified atom stereocenters. The van der Waals surface area contributed by atoms with Crippen molar-refractivity contribution in [3.8, 4) is 11.4 Å². The summed E-state index contributed by atoms with van der Waals surface area (Å²) >= 11 is 12.3. The van der Waals surface area contributed by atoms with Gasteiger partial charge in [-0.2, -0.15) is 0 Å². The highest BCUT2D eigenvalue weighted by molar-refractivity contribution is 6.43. The Hall–Kier alpha value is -1.32. The monoisotopic (exact) mass is 293 g/mol. The number of hydrogen-bond acceptors (Lipinski definition) is 3. The molecule has 1 saturated carbocycles. The summed E-state index contributed by atoms with van der Waals surface area (Å²) in [6.07, 6.45) is 2.39. The topological polar surface area (TPSA) is 37.8 Å². The fourth-order valence-corrected chi connectivity index (χ4v) is 2.36. The van der Waals surface area contributed by atoms with Crippen LogP contribution in [0.15, 0.2) is 24.3 Å². The minimum Gasteiger partial charge on any atom is -0.373 e. The Bertz CT molecular complexity index is 624. The lowest BCUT2D eigenvalue weighted by molar-refractivity contribution is 0.995. The van der Waals surface area contributed by atoms with Crippen LogP contribution in [0.1, 0.15) is 24.5 Å². The molecule has 19 heavy (non-hydrogen) atoms. The molecule has 1 aromatic heterocycles. The number of nitrogens with one attached hydrogen (secondary N) is 1. The second-order valence-corrected chi connectivity index (χ2v) is 5.41. The summed E-state index contributed by atoms with van der Waals surface area (Å²) in [7, 11) is 1.85. The summed E-state index contributed by atoms with van der Waals surface area (Å²) in [4.78, 5) is 9.09. The molecule has 0 amide bonds. The van der Waals surface area contributed by atoms with Gasteiger partial charge in [-0.15, -0.1) is 0 Å². The van der Waals surface area contributed by atoms with Gasteiger partial charge in [0, 0.05) is 30.3 Å². The normalized spacial score (nSPS) is 14.5. The van der Waals surface area contributed by atoms with E-state index in [1.54, 1.807) is 6.07 Å². The minimum absolute atomic E-state index is 0.499. The lowest BCUT2D eigenvalue weighted by Gasteiger charge is -2.09. The van der Waals surface area contributed by atoms with Gasteiger partial charge < -0.3 is 5.32 Å². The zero-order chi connectivity index (χ0) is 13.4. The standard InChI is InChI=1S/C14H13Cl2N3/c1-17-12-7-11(8-5-6-8)18-14(19-12)9-3-2-4-10(15)13(9)16/h2-4,7-8H,5-6H2,1H3,(H,17,18,19). The van der Waals surface area contributed by atoms with Gasteiger partial charge in [0.25, 0.3) is 0 Å². The van der Waals surface area contributed by atoms with E-state index in [-0.39, 0.29) is 0 Å². The second kappa shape index (κ2) is 4.99. The Morgan fingerprint density at radius 1 is 1.21 bits per heavy atom. The van der Waals surface area contributed by atoms with Gasteiger partial charge in [-0.25, -0.2) is 9.97 Å². The molecule has 3 rings (SSSR count). The summed E-state index contributed by atoms with van der Waals surface area (Å²) in [5, 5.41) is 4.09. The number of aromatic nitrogens is 2. The largest absolute Gasteiger partial charge is 0.373 e. The second-order valence-electron chi connectivity index (χ2n) is 4.63. The van der Waals surface area contributed by atoms with Gasteiger partial charge in [-0.05, 0) is 25.0 Å². The van der Waals surface area contributed by atoms with E-state index in [1.165, 1.54) is 12.8 Å². The Balaban J connectivity index is 2.13. The molecule has 0 radical (unpaired) electrons. The number of anilines is 1. The fourth-order valence-electron chi connectivity index (χ4n) is 1.98. The van der Waals surface area contributed by atoms with E-state index in [0.29, 0.717) is 21.8 Å². The number of rotatable bonds is 3. The van der Waals surface area contributed by atoms with Crippen LogP contribution in [0.5, 0.6) is 0 Å². The fraction of sp³-hybridized carbons (Fsp3) is 0.286. The van der Waals surface area contributed by atoms with Crippen LogP contribution >= 0.6 is 23.2 Å². The quantitative estimate of drug-likeness (QED) is 0.913. The van der Waals surface area contributed by atoms with E-state index < -0.39 is 0 Å². The molecular formula is C14H13Cl2N3. The number of nitrogens with zero attached hydrogens (tertiary/aromatic N) is 2. The average Bonchev–Trinajstić information content (AvgIpc) is 3.26. The molecule has 1 N–H and O–H groups in total. The van der Waals surface area contributed by atoms with Crippen LogP contribution in [-0.2, 0) is 0 Å². The first-order chi connectivity index (χ1) is 9.19.